The SMILES string of the molecule is Cc1ccc(C#CCCNC(=O)OCC2c3ccccc3-c3ccccc32)cc1Cl. The van der Waals surface area contributed by atoms with Crippen molar-refractivity contribution in [2.45, 2.75) is 19.3 Å². The maximum absolute atomic E-state index is 12.1. The van der Waals surface area contributed by atoms with E-state index in [1.165, 1.54) is 22.3 Å². The number of nitrogens with one attached hydrogen (secondary N) is 1. The number of amides is 1. The van der Waals surface area contributed by atoms with Crippen LogP contribution in [0, 0.1) is 18.8 Å². The highest BCUT2D eigenvalue weighted by Crippen LogP contribution is 2.44. The van der Waals surface area contributed by atoms with Gasteiger partial charge in [-0.15, -0.1) is 0 Å². The first-order valence-electron chi connectivity index (χ1n) is 9.97. The lowest BCUT2D eigenvalue weighted by molar-refractivity contribution is 0.143. The topological polar surface area (TPSA) is 38.3 Å². The standard InChI is InChI=1S/C26H22ClNO2/c1-18-13-14-19(16-25(18)27)8-6-7-15-28-26(29)30-17-24-22-11-4-2-9-20(22)21-10-3-5-12-23(21)24/h2-5,9-14,16,24H,7,15,17H2,1H3,(H,28,29). The molecule has 0 spiro atoms. The van der Waals surface area contributed by atoms with Gasteiger partial charge in [-0.3, -0.25) is 0 Å². The van der Waals surface area contributed by atoms with Crippen LogP contribution in [0.4, 0.5) is 4.79 Å². The van der Waals surface area contributed by atoms with Gasteiger partial charge >= 0.3 is 6.09 Å². The van der Waals surface area contributed by atoms with Gasteiger partial charge in [-0.2, -0.15) is 0 Å². The monoisotopic (exact) mass is 415 g/mol. The molecule has 4 rings (SSSR count). The quantitative estimate of drug-likeness (QED) is 0.423. The van der Waals surface area contributed by atoms with Crippen molar-refractivity contribution >= 4 is 17.7 Å². The van der Waals surface area contributed by atoms with Gasteiger partial charge in [-0.05, 0) is 46.9 Å². The van der Waals surface area contributed by atoms with Crippen molar-refractivity contribution in [3.63, 3.8) is 0 Å². The van der Waals surface area contributed by atoms with Crippen molar-refractivity contribution < 1.29 is 9.53 Å². The number of hydrogen-bond donors (Lipinski definition) is 1. The summed E-state index contributed by atoms with van der Waals surface area (Å²) < 4.78 is 5.52. The van der Waals surface area contributed by atoms with E-state index >= 15 is 0 Å². The van der Waals surface area contributed by atoms with E-state index in [-0.39, 0.29) is 5.92 Å². The molecule has 0 radical (unpaired) electrons. The van der Waals surface area contributed by atoms with E-state index in [0.717, 1.165) is 11.1 Å². The average molecular weight is 416 g/mol. The van der Waals surface area contributed by atoms with E-state index < -0.39 is 6.09 Å². The zero-order valence-electron chi connectivity index (χ0n) is 16.7. The first-order chi connectivity index (χ1) is 14.6. The maximum atomic E-state index is 12.1. The molecule has 3 aromatic carbocycles. The Labute approximate surface area is 182 Å². The number of carbonyl (C=O) groups is 1. The highest BCUT2D eigenvalue weighted by molar-refractivity contribution is 6.31. The van der Waals surface area contributed by atoms with Gasteiger partial charge in [0.15, 0.2) is 0 Å². The minimum absolute atomic E-state index is 0.0641. The Bertz CT molecular complexity index is 1100. The molecular weight excluding hydrogens is 394 g/mol. The Kier molecular flexibility index (Phi) is 6.07. The summed E-state index contributed by atoms with van der Waals surface area (Å²) in [7, 11) is 0. The summed E-state index contributed by atoms with van der Waals surface area (Å²) in [6.45, 7) is 2.70. The van der Waals surface area contributed by atoms with Crippen LogP contribution in [0.1, 0.15) is 34.6 Å². The lowest BCUT2D eigenvalue weighted by Crippen LogP contribution is -2.26. The van der Waals surface area contributed by atoms with Crippen LogP contribution in [-0.2, 0) is 4.74 Å². The Balaban J connectivity index is 1.29. The van der Waals surface area contributed by atoms with Crippen LogP contribution in [0.2, 0.25) is 5.02 Å². The molecule has 3 nitrogen and oxygen atoms in total. The van der Waals surface area contributed by atoms with Crippen LogP contribution in [0.3, 0.4) is 0 Å². The average Bonchev–Trinajstić information content (AvgIpc) is 3.08. The highest BCUT2D eigenvalue weighted by Gasteiger charge is 2.28. The predicted octanol–water partition coefficient (Wildman–Crippen LogP) is 5.93. The normalized spacial score (nSPS) is 11.8. The Hall–Kier alpha value is -3.22. The second kappa shape index (κ2) is 9.07. The Morgan fingerprint density at radius 2 is 1.70 bits per heavy atom. The first kappa shape index (κ1) is 20.1. The molecule has 0 atom stereocenters. The van der Waals surface area contributed by atoms with Crippen LogP contribution in [0.15, 0.2) is 66.7 Å². The first-order valence-corrected chi connectivity index (χ1v) is 10.3. The summed E-state index contributed by atoms with van der Waals surface area (Å²) in [6, 6.07) is 22.3. The van der Waals surface area contributed by atoms with Crippen molar-refractivity contribution in [2.24, 2.45) is 0 Å². The molecule has 4 heteroatoms. The van der Waals surface area contributed by atoms with Gasteiger partial charge in [0, 0.05) is 29.5 Å². The minimum atomic E-state index is -0.419. The number of halogens is 1. The van der Waals surface area contributed by atoms with Gasteiger partial charge in [0.05, 0.1) is 0 Å². The highest BCUT2D eigenvalue weighted by atomic mass is 35.5. The van der Waals surface area contributed by atoms with Crippen molar-refractivity contribution in [3.8, 4) is 23.0 Å². The molecule has 30 heavy (non-hydrogen) atoms. The fraction of sp³-hybridized carbons (Fsp3) is 0.192. The number of aryl methyl sites for hydroxylation is 1. The number of rotatable bonds is 4. The zero-order chi connectivity index (χ0) is 20.9. The molecule has 0 fully saturated rings. The van der Waals surface area contributed by atoms with E-state index in [2.05, 4.69) is 41.4 Å². The molecule has 150 valence electrons. The number of alkyl carbamates (subject to hydrolysis) is 1. The third kappa shape index (κ3) is 4.35. The van der Waals surface area contributed by atoms with Crippen molar-refractivity contribution in [3.05, 3.63) is 94.0 Å². The van der Waals surface area contributed by atoms with Crippen LogP contribution in [-0.4, -0.2) is 19.2 Å². The summed E-state index contributed by atoms with van der Waals surface area (Å²) in [5, 5.41) is 3.48. The molecule has 1 aliphatic rings. The van der Waals surface area contributed by atoms with E-state index in [1.54, 1.807) is 0 Å². The summed E-state index contributed by atoms with van der Waals surface area (Å²) in [4.78, 5) is 12.1. The van der Waals surface area contributed by atoms with Gasteiger partial charge in [-0.1, -0.05) is 78.0 Å². The van der Waals surface area contributed by atoms with Gasteiger partial charge in [0.25, 0.3) is 0 Å². The number of carbonyl (C=O) groups excluding carboxylic acids is 1. The van der Waals surface area contributed by atoms with Gasteiger partial charge in [0.1, 0.15) is 6.61 Å². The van der Waals surface area contributed by atoms with Crippen molar-refractivity contribution in [1.29, 1.82) is 0 Å². The van der Waals surface area contributed by atoms with Crippen LogP contribution in [0.5, 0.6) is 0 Å². The largest absolute Gasteiger partial charge is 0.449 e. The molecule has 3 aromatic rings. The smallest absolute Gasteiger partial charge is 0.407 e. The van der Waals surface area contributed by atoms with E-state index in [1.807, 2.05) is 49.4 Å². The van der Waals surface area contributed by atoms with Crippen molar-refractivity contribution in [1.82, 2.24) is 5.32 Å². The molecule has 0 aliphatic heterocycles. The molecule has 1 aliphatic carbocycles. The van der Waals surface area contributed by atoms with E-state index in [9.17, 15) is 4.79 Å². The number of fused-ring (bicyclic) bond motifs is 3. The third-order valence-corrected chi connectivity index (χ3v) is 5.67. The molecule has 0 aromatic heterocycles. The molecule has 0 unspecified atom stereocenters. The molecule has 0 bridgehead atoms. The fourth-order valence-electron chi connectivity index (χ4n) is 3.71. The summed E-state index contributed by atoms with van der Waals surface area (Å²) >= 11 is 6.11. The lowest BCUT2D eigenvalue weighted by atomic mass is 9.98. The Morgan fingerprint density at radius 3 is 2.37 bits per heavy atom. The molecule has 0 heterocycles. The lowest BCUT2D eigenvalue weighted by Gasteiger charge is -2.14. The zero-order valence-corrected chi connectivity index (χ0v) is 17.5. The summed E-state index contributed by atoms with van der Waals surface area (Å²) in [5.74, 6) is 6.17. The van der Waals surface area contributed by atoms with E-state index in [0.29, 0.717) is 24.6 Å². The second-order valence-electron chi connectivity index (χ2n) is 7.27. The second-order valence-corrected chi connectivity index (χ2v) is 7.68. The van der Waals surface area contributed by atoms with Gasteiger partial charge < -0.3 is 10.1 Å². The molecule has 1 N–H and O–H groups in total. The molecule has 1 amide bonds. The maximum Gasteiger partial charge on any atom is 0.407 e. The molecule has 0 saturated carbocycles. The van der Waals surface area contributed by atoms with E-state index in [4.69, 9.17) is 16.3 Å². The van der Waals surface area contributed by atoms with Gasteiger partial charge in [-0.25, -0.2) is 4.79 Å². The summed E-state index contributed by atoms with van der Waals surface area (Å²) in [6.07, 6.45) is 0.118. The number of ether oxygens (including phenoxy) is 1. The van der Waals surface area contributed by atoms with Crippen LogP contribution >= 0.6 is 11.6 Å². The number of benzene rings is 3. The predicted molar refractivity (Wildman–Crippen MR) is 121 cm³/mol. The fourth-order valence-corrected chi connectivity index (χ4v) is 3.89. The molecule has 0 saturated heterocycles. The van der Waals surface area contributed by atoms with Crippen LogP contribution in [0.25, 0.3) is 11.1 Å². The number of hydrogen-bond acceptors (Lipinski definition) is 2. The Morgan fingerprint density at radius 1 is 1.03 bits per heavy atom. The summed E-state index contributed by atoms with van der Waals surface area (Å²) in [5.41, 5.74) is 6.73. The van der Waals surface area contributed by atoms with Crippen molar-refractivity contribution in [2.75, 3.05) is 13.2 Å². The van der Waals surface area contributed by atoms with Gasteiger partial charge in [0.2, 0.25) is 0 Å². The molecular formula is C26H22ClNO2. The minimum Gasteiger partial charge on any atom is -0.449 e. The van der Waals surface area contributed by atoms with Crippen LogP contribution < -0.4 is 5.32 Å². The third-order valence-electron chi connectivity index (χ3n) is 5.27.